The van der Waals surface area contributed by atoms with E-state index in [9.17, 15) is 13.2 Å². The Balaban J connectivity index is 1.27. The number of carbonyl (C=O) groups is 1. The fourth-order valence-electron chi connectivity index (χ4n) is 3.55. The summed E-state index contributed by atoms with van der Waals surface area (Å²) in [6.45, 7) is 2.31. The van der Waals surface area contributed by atoms with Gasteiger partial charge in [0.2, 0.25) is 15.9 Å². The highest BCUT2D eigenvalue weighted by atomic mass is 32.2. The molecule has 0 saturated carbocycles. The van der Waals surface area contributed by atoms with Gasteiger partial charge in [0, 0.05) is 49.8 Å². The number of amides is 1. The first-order chi connectivity index (χ1) is 12.9. The van der Waals surface area contributed by atoms with Crippen LogP contribution in [0.25, 0.3) is 0 Å². The summed E-state index contributed by atoms with van der Waals surface area (Å²) in [6, 6.07) is 0. The van der Waals surface area contributed by atoms with Crippen LogP contribution in [0.5, 0.6) is 0 Å². The molecule has 0 unspecified atom stereocenters. The second kappa shape index (κ2) is 7.28. The molecule has 2 fully saturated rings. The van der Waals surface area contributed by atoms with Gasteiger partial charge in [0.1, 0.15) is 5.69 Å². The summed E-state index contributed by atoms with van der Waals surface area (Å²) >= 11 is 1.41. The van der Waals surface area contributed by atoms with Crippen LogP contribution in [0.2, 0.25) is 0 Å². The fraction of sp³-hybridized carbons (Fsp3) is 0.625. The maximum atomic E-state index is 12.2. The molecule has 2 saturated heterocycles. The first kappa shape index (κ1) is 18.5. The minimum absolute atomic E-state index is 0.0312. The highest BCUT2D eigenvalue weighted by Crippen LogP contribution is 2.28. The molecule has 0 radical (unpaired) electrons. The van der Waals surface area contributed by atoms with Crippen LogP contribution in [0.4, 0.5) is 0 Å². The van der Waals surface area contributed by atoms with Gasteiger partial charge in [-0.05, 0) is 12.8 Å². The van der Waals surface area contributed by atoms with Crippen LogP contribution in [0.3, 0.4) is 0 Å². The van der Waals surface area contributed by atoms with Crippen LogP contribution in [0.15, 0.2) is 15.4 Å². The number of nitrogens with zero attached hydrogens (tertiary/aromatic N) is 5. The summed E-state index contributed by atoms with van der Waals surface area (Å²) in [6.07, 6.45) is 3.29. The lowest BCUT2D eigenvalue weighted by Crippen LogP contribution is -2.50. The first-order valence-corrected chi connectivity index (χ1v) is 11.6. The molecule has 0 aliphatic carbocycles. The van der Waals surface area contributed by atoms with Crippen molar-refractivity contribution in [3.05, 3.63) is 28.3 Å². The number of sulfonamides is 1. The number of hydrogen-bond donors (Lipinski definition) is 0. The number of rotatable bonds is 5. The summed E-state index contributed by atoms with van der Waals surface area (Å²) in [7, 11) is -3.13. The molecule has 0 spiro atoms. The molecular weight excluding hydrogens is 390 g/mol. The van der Waals surface area contributed by atoms with Crippen molar-refractivity contribution >= 4 is 27.3 Å². The van der Waals surface area contributed by atoms with Gasteiger partial charge < -0.3 is 9.42 Å². The third-order valence-corrected chi connectivity index (χ3v) is 7.02. The van der Waals surface area contributed by atoms with Gasteiger partial charge in [-0.15, -0.1) is 11.3 Å². The lowest BCUT2D eigenvalue weighted by Gasteiger charge is -2.38. The zero-order valence-electron chi connectivity index (χ0n) is 14.9. The monoisotopic (exact) mass is 411 g/mol. The molecule has 9 nitrogen and oxygen atoms in total. The molecule has 11 heteroatoms. The second-order valence-electron chi connectivity index (χ2n) is 7.14. The predicted molar refractivity (Wildman–Crippen MR) is 97.9 cm³/mol. The Kier molecular flexibility index (Phi) is 4.99. The van der Waals surface area contributed by atoms with Crippen molar-refractivity contribution in [2.45, 2.75) is 25.2 Å². The zero-order valence-corrected chi connectivity index (χ0v) is 16.6. The Morgan fingerprint density at radius 1 is 1.33 bits per heavy atom. The highest BCUT2D eigenvalue weighted by molar-refractivity contribution is 7.88. The Hall–Kier alpha value is -1.85. The third-order valence-electron chi connectivity index (χ3n) is 5.13. The van der Waals surface area contributed by atoms with Crippen LogP contribution in [-0.2, 0) is 16.4 Å². The molecule has 0 bridgehead atoms. The Morgan fingerprint density at radius 3 is 2.70 bits per heavy atom. The molecule has 2 aliphatic rings. The van der Waals surface area contributed by atoms with Crippen LogP contribution < -0.4 is 0 Å². The van der Waals surface area contributed by atoms with Crippen LogP contribution in [0, 0.1) is 5.92 Å². The van der Waals surface area contributed by atoms with Gasteiger partial charge in [-0.3, -0.25) is 4.79 Å². The molecule has 4 heterocycles. The number of carbonyl (C=O) groups excluding carboxylic acids is 1. The molecule has 146 valence electrons. The minimum Gasteiger partial charge on any atom is -0.339 e. The molecule has 1 amide bonds. The Morgan fingerprint density at radius 2 is 2.07 bits per heavy atom. The lowest BCUT2D eigenvalue weighted by atomic mass is 9.95. The number of aromatic nitrogens is 3. The molecule has 2 aromatic heterocycles. The predicted octanol–water partition coefficient (Wildman–Crippen LogP) is 0.980. The van der Waals surface area contributed by atoms with Crippen molar-refractivity contribution in [1.29, 1.82) is 0 Å². The topological polar surface area (TPSA) is 110 Å². The molecule has 27 heavy (non-hydrogen) atoms. The maximum Gasteiger partial charge on any atom is 0.273 e. The number of thiazole rings is 1. The van der Waals surface area contributed by atoms with E-state index in [0.29, 0.717) is 68.8 Å². The van der Waals surface area contributed by atoms with E-state index in [1.807, 2.05) is 0 Å². The fourth-order valence-corrected chi connectivity index (χ4v) is 4.95. The van der Waals surface area contributed by atoms with Crippen LogP contribution in [-0.4, -0.2) is 71.1 Å². The van der Waals surface area contributed by atoms with Gasteiger partial charge in [-0.25, -0.2) is 17.7 Å². The van der Waals surface area contributed by atoms with E-state index < -0.39 is 10.0 Å². The first-order valence-electron chi connectivity index (χ1n) is 8.85. The number of hydrogen-bond acceptors (Lipinski definition) is 8. The summed E-state index contributed by atoms with van der Waals surface area (Å²) < 4.78 is 30.0. The number of likely N-dealkylation sites (tertiary alicyclic amines) is 1. The van der Waals surface area contributed by atoms with Crippen molar-refractivity contribution in [3.8, 4) is 0 Å². The van der Waals surface area contributed by atoms with E-state index in [1.54, 1.807) is 15.8 Å². The highest BCUT2D eigenvalue weighted by Gasteiger charge is 2.34. The molecule has 2 aromatic rings. The standard InChI is InChI=1S/C16H21N5O4S2/c1-27(23,24)21-4-2-12(3-5-21)15-18-14(25-19-15)6-11-7-20(8-11)16(22)13-9-26-10-17-13/h9-12H,2-8H2,1H3. The summed E-state index contributed by atoms with van der Waals surface area (Å²) in [5.74, 6) is 1.66. The number of piperidine rings is 1. The van der Waals surface area contributed by atoms with Crippen LogP contribution in [0.1, 0.15) is 41.0 Å². The Labute approximate surface area is 161 Å². The average molecular weight is 412 g/mol. The second-order valence-corrected chi connectivity index (χ2v) is 9.84. The lowest BCUT2D eigenvalue weighted by molar-refractivity contribution is 0.0481. The summed E-state index contributed by atoms with van der Waals surface area (Å²) in [5, 5.41) is 5.85. The van der Waals surface area contributed by atoms with Gasteiger partial charge in [-0.1, -0.05) is 5.16 Å². The zero-order chi connectivity index (χ0) is 19.0. The Bertz CT molecular complexity index is 897. The van der Waals surface area contributed by atoms with Crippen molar-refractivity contribution in [2.75, 3.05) is 32.4 Å². The van der Waals surface area contributed by atoms with Crippen molar-refractivity contribution in [3.63, 3.8) is 0 Å². The molecule has 0 N–H and O–H groups in total. The summed E-state index contributed by atoms with van der Waals surface area (Å²) in [4.78, 5) is 22.5. The molecule has 0 atom stereocenters. The van der Waals surface area contributed by atoms with Crippen molar-refractivity contribution in [1.82, 2.24) is 24.3 Å². The molecule has 2 aliphatic heterocycles. The minimum atomic E-state index is -3.13. The van der Waals surface area contributed by atoms with E-state index in [2.05, 4.69) is 15.1 Å². The normalized spacial score (nSPS) is 20.0. The SMILES string of the molecule is CS(=O)(=O)N1CCC(c2noc(CC3CN(C(=O)c4cscn4)C3)n2)CC1. The molecule has 4 rings (SSSR count). The van der Waals surface area contributed by atoms with Crippen molar-refractivity contribution < 1.29 is 17.7 Å². The largest absolute Gasteiger partial charge is 0.339 e. The summed E-state index contributed by atoms with van der Waals surface area (Å²) in [5.41, 5.74) is 2.16. The van der Waals surface area contributed by atoms with Gasteiger partial charge in [0.15, 0.2) is 5.82 Å². The van der Waals surface area contributed by atoms with E-state index >= 15 is 0 Å². The van der Waals surface area contributed by atoms with Crippen LogP contribution >= 0.6 is 11.3 Å². The third kappa shape index (κ3) is 4.04. The van der Waals surface area contributed by atoms with Gasteiger partial charge >= 0.3 is 0 Å². The van der Waals surface area contributed by atoms with E-state index in [0.717, 1.165) is 0 Å². The van der Waals surface area contributed by atoms with E-state index in [-0.39, 0.29) is 11.8 Å². The quantitative estimate of drug-likeness (QED) is 0.721. The van der Waals surface area contributed by atoms with E-state index in [1.165, 1.54) is 21.9 Å². The smallest absolute Gasteiger partial charge is 0.273 e. The van der Waals surface area contributed by atoms with Crippen molar-refractivity contribution in [2.24, 2.45) is 5.92 Å². The molecule has 0 aromatic carbocycles. The maximum absolute atomic E-state index is 12.2. The average Bonchev–Trinajstić information content (AvgIpc) is 3.28. The van der Waals surface area contributed by atoms with Gasteiger partial charge in [0.25, 0.3) is 5.91 Å². The van der Waals surface area contributed by atoms with Gasteiger partial charge in [-0.2, -0.15) is 4.98 Å². The molecular formula is C16H21N5O4S2. The van der Waals surface area contributed by atoms with E-state index in [4.69, 9.17) is 4.52 Å². The van der Waals surface area contributed by atoms with Gasteiger partial charge in [0.05, 0.1) is 11.8 Å².